The fourth-order valence-corrected chi connectivity index (χ4v) is 3.83. The molecule has 8 heteroatoms. The van der Waals surface area contributed by atoms with E-state index in [0.717, 1.165) is 5.56 Å². The highest BCUT2D eigenvalue weighted by Crippen LogP contribution is 2.29. The Morgan fingerprint density at radius 3 is 2.96 bits per heavy atom. The molecule has 1 aliphatic heterocycles. The van der Waals surface area contributed by atoms with Crippen LogP contribution in [0, 0.1) is 12.8 Å². The summed E-state index contributed by atoms with van der Waals surface area (Å²) in [7, 11) is 0. The third-order valence-electron chi connectivity index (χ3n) is 4.14. The Morgan fingerprint density at radius 1 is 1.46 bits per heavy atom. The standard InChI is InChI=1S/C18H20N2O5S/c1-3-24-18(23)16-11(2)7-14(26-16)19-17(22)12-8-15(21)20(9-12)10-13-5-4-6-25-13/h4-7,12H,3,8-10H2,1-2H3,(H,19,22). The van der Waals surface area contributed by atoms with E-state index in [4.69, 9.17) is 9.15 Å². The molecule has 2 aromatic heterocycles. The number of nitrogens with one attached hydrogen (secondary N) is 1. The van der Waals surface area contributed by atoms with E-state index < -0.39 is 11.9 Å². The zero-order valence-electron chi connectivity index (χ0n) is 14.6. The van der Waals surface area contributed by atoms with Crippen molar-refractivity contribution in [2.24, 2.45) is 5.92 Å². The van der Waals surface area contributed by atoms with Crippen LogP contribution < -0.4 is 5.32 Å². The zero-order chi connectivity index (χ0) is 18.7. The molecule has 0 aromatic carbocycles. The number of rotatable bonds is 6. The van der Waals surface area contributed by atoms with E-state index in [9.17, 15) is 14.4 Å². The molecule has 0 radical (unpaired) electrons. The molecular formula is C18H20N2O5S. The summed E-state index contributed by atoms with van der Waals surface area (Å²) in [4.78, 5) is 38.6. The van der Waals surface area contributed by atoms with Crippen LogP contribution in [-0.4, -0.2) is 35.8 Å². The lowest BCUT2D eigenvalue weighted by molar-refractivity contribution is -0.128. The second kappa shape index (κ2) is 7.74. The first-order valence-electron chi connectivity index (χ1n) is 8.36. The number of esters is 1. The van der Waals surface area contributed by atoms with Crippen LogP contribution in [0.4, 0.5) is 5.00 Å². The van der Waals surface area contributed by atoms with Crippen molar-refractivity contribution in [3.05, 3.63) is 40.7 Å². The summed E-state index contributed by atoms with van der Waals surface area (Å²) < 4.78 is 10.3. The molecule has 0 saturated carbocycles. The van der Waals surface area contributed by atoms with Crippen LogP contribution in [0.2, 0.25) is 0 Å². The van der Waals surface area contributed by atoms with Gasteiger partial charge < -0.3 is 19.4 Å². The topological polar surface area (TPSA) is 88.8 Å². The molecule has 1 unspecified atom stereocenters. The van der Waals surface area contributed by atoms with Gasteiger partial charge in [0.2, 0.25) is 11.8 Å². The van der Waals surface area contributed by atoms with E-state index in [-0.39, 0.29) is 18.2 Å². The lowest BCUT2D eigenvalue weighted by Gasteiger charge is -2.14. The van der Waals surface area contributed by atoms with Gasteiger partial charge >= 0.3 is 5.97 Å². The highest BCUT2D eigenvalue weighted by atomic mass is 32.1. The van der Waals surface area contributed by atoms with Crippen molar-refractivity contribution < 1.29 is 23.5 Å². The molecule has 1 N–H and O–H groups in total. The first kappa shape index (κ1) is 18.2. The lowest BCUT2D eigenvalue weighted by atomic mass is 10.1. The molecule has 0 bridgehead atoms. The van der Waals surface area contributed by atoms with Crippen LogP contribution in [0.25, 0.3) is 0 Å². The fraction of sp³-hybridized carbons (Fsp3) is 0.389. The van der Waals surface area contributed by atoms with E-state index in [0.29, 0.717) is 35.3 Å². The number of carbonyl (C=O) groups excluding carboxylic acids is 3. The van der Waals surface area contributed by atoms with Crippen LogP contribution in [-0.2, 0) is 20.9 Å². The van der Waals surface area contributed by atoms with E-state index >= 15 is 0 Å². The fourth-order valence-electron chi connectivity index (χ4n) is 2.86. The largest absolute Gasteiger partial charge is 0.467 e. The van der Waals surface area contributed by atoms with Gasteiger partial charge in [0.25, 0.3) is 0 Å². The van der Waals surface area contributed by atoms with Crippen LogP contribution >= 0.6 is 11.3 Å². The Kier molecular flexibility index (Phi) is 5.41. The third-order valence-corrected chi connectivity index (χ3v) is 5.27. The Balaban J connectivity index is 1.61. The van der Waals surface area contributed by atoms with E-state index in [1.807, 2.05) is 0 Å². The van der Waals surface area contributed by atoms with Gasteiger partial charge in [-0.2, -0.15) is 0 Å². The summed E-state index contributed by atoms with van der Waals surface area (Å²) in [5.41, 5.74) is 0.755. The Labute approximate surface area is 154 Å². The summed E-state index contributed by atoms with van der Waals surface area (Å²) >= 11 is 1.18. The number of thiophene rings is 1. The molecule has 1 fully saturated rings. The SMILES string of the molecule is CCOC(=O)c1sc(NC(=O)C2CC(=O)N(Cc3ccco3)C2)cc1C. The number of hydrogen-bond acceptors (Lipinski definition) is 6. The van der Waals surface area contributed by atoms with Gasteiger partial charge in [-0.3, -0.25) is 9.59 Å². The Hall–Kier alpha value is -2.61. The van der Waals surface area contributed by atoms with Crippen LogP contribution in [0.1, 0.15) is 34.3 Å². The summed E-state index contributed by atoms with van der Waals surface area (Å²) in [6.45, 7) is 4.55. The van der Waals surface area contributed by atoms with Gasteiger partial charge in [-0.25, -0.2) is 4.79 Å². The van der Waals surface area contributed by atoms with E-state index in [2.05, 4.69) is 5.32 Å². The minimum absolute atomic E-state index is 0.0730. The highest BCUT2D eigenvalue weighted by Gasteiger charge is 2.35. The summed E-state index contributed by atoms with van der Waals surface area (Å²) in [6, 6.07) is 5.30. The van der Waals surface area contributed by atoms with Gasteiger partial charge in [0.05, 0.1) is 30.3 Å². The molecular weight excluding hydrogens is 356 g/mol. The molecule has 1 aliphatic rings. The maximum absolute atomic E-state index is 12.5. The van der Waals surface area contributed by atoms with Gasteiger partial charge in [-0.1, -0.05) is 0 Å². The molecule has 1 atom stereocenters. The molecule has 0 spiro atoms. The molecule has 26 heavy (non-hydrogen) atoms. The van der Waals surface area contributed by atoms with Gasteiger partial charge in [0, 0.05) is 13.0 Å². The predicted molar refractivity (Wildman–Crippen MR) is 95.9 cm³/mol. The number of carbonyl (C=O) groups is 3. The minimum Gasteiger partial charge on any atom is -0.467 e. The normalized spacial score (nSPS) is 16.8. The average molecular weight is 376 g/mol. The average Bonchev–Trinajstić information content (AvgIpc) is 3.30. The number of amides is 2. The van der Waals surface area contributed by atoms with Crippen molar-refractivity contribution in [3.63, 3.8) is 0 Å². The molecule has 3 heterocycles. The van der Waals surface area contributed by atoms with Crippen molar-refractivity contribution in [1.82, 2.24) is 4.90 Å². The monoisotopic (exact) mass is 376 g/mol. The molecule has 2 aromatic rings. The number of aryl methyl sites for hydroxylation is 1. The van der Waals surface area contributed by atoms with Crippen molar-refractivity contribution in [1.29, 1.82) is 0 Å². The number of hydrogen-bond donors (Lipinski definition) is 1. The Bertz CT molecular complexity index is 812. The lowest BCUT2D eigenvalue weighted by Crippen LogP contribution is -2.27. The van der Waals surface area contributed by atoms with E-state index in [1.165, 1.54) is 11.3 Å². The summed E-state index contributed by atoms with van der Waals surface area (Å²) in [5, 5.41) is 3.39. The third kappa shape index (κ3) is 3.96. The van der Waals surface area contributed by atoms with Crippen molar-refractivity contribution in [2.75, 3.05) is 18.5 Å². The minimum atomic E-state index is -0.425. The maximum Gasteiger partial charge on any atom is 0.348 e. The number of nitrogens with zero attached hydrogens (tertiary/aromatic N) is 1. The number of furan rings is 1. The number of likely N-dealkylation sites (tertiary alicyclic amines) is 1. The number of ether oxygens (including phenoxy) is 1. The van der Waals surface area contributed by atoms with Gasteiger partial charge in [0.15, 0.2) is 0 Å². The van der Waals surface area contributed by atoms with Gasteiger partial charge in [-0.05, 0) is 37.6 Å². The van der Waals surface area contributed by atoms with Crippen LogP contribution in [0.15, 0.2) is 28.9 Å². The smallest absolute Gasteiger partial charge is 0.348 e. The first-order valence-corrected chi connectivity index (χ1v) is 9.18. The van der Waals surface area contributed by atoms with E-state index in [1.54, 1.807) is 43.2 Å². The highest BCUT2D eigenvalue weighted by molar-refractivity contribution is 7.18. The summed E-state index contributed by atoms with van der Waals surface area (Å²) in [5.74, 6) is -0.428. The first-order chi connectivity index (χ1) is 12.5. The molecule has 1 saturated heterocycles. The van der Waals surface area contributed by atoms with Crippen LogP contribution in [0.3, 0.4) is 0 Å². The number of anilines is 1. The van der Waals surface area contributed by atoms with Crippen molar-refractivity contribution in [3.8, 4) is 0 Å². The summed E-state index contributed by atoms with van der Waals surface area (Å²) in [6.07, 6.45) is 1.72. The second-order valence-electron chi connectivity index (χ2n) is 6.09. The molecule has 7 nitrogen and oxygen atoms in total. The molecule has 3 rings (SSSR count). The molecule has 138 valence electrons. The van der Waals surface area contributed by atoms with Gasteiger partial charge in [-0.15, -0.1) is 11.3 Å². The van der Waals surface area contributed by atoms with Gasteiger partial charge in [0.1, 0.15) is 10.6 Å². The Morgan fingerprint density at radius 2 is 2.27 bits per heavy atom. The van der Waals surface area contributed by atoms with Crippen LogP contribution in [0.5, 0.6) is 0 Å². The predicted octanol–water partition coefficient (Wildman–Crippen LogP) is 2.81. The van der Waals surface area contributed by atoms with Crippen molar-refractivity contribution in [2.45, 2.75) is 26.8 Å². The molecule has 0 aliphatic carbocycles. The molecule has 2 amide bonds. The maximum atomic E-state index is 12.5. The second-order valence-corrected chi connectivity index (χ2v) is 7.14. The zero-order valence-corrected chi connectivity index (χ0v) is 15.4. The van der Waals surface area contributed by atoms with Crippen molar-refractivity contribution >= 4 is 34.1 Å². The quantitative estimate of drug-likeness (QED) is 0.783.